The highest BCUT2D eigenvalue weighted by Gasteiger charge is 2.13. The number of methoxy groups -OCH3 is 1. The van der Waals surface area contributed by atoms with E-state index in [1.54, 1.807) is 0 Å². The number of nitrogens with one attached hydrogen (secondary N) is 2. The summed E-state index contributed by atoms with van der Waals surface area (Å²) in [6.45, 7) is 0. The molecule has 1 aliphatic heterocycles. The van der Waals surface area contributed by atoms with Crippen molar-refractivity contribution in [2.45, 2.75) is 6.42 Å². The SMILES string of the molecule is COC(=O)/C=C1\CC(=S)Nc2ccccc2N1. The summed E-state index contributed by atoms with van der Waals surface area (Å²) in [4.78, 5) is 11.9. The molecule has 1 aliphatic rings. The molecule has 0 unspecified atom stereocenters. The van der Waals surface area contributed by atoms with Crippen LogP contribution in [0.3, 0.4) is 0 Å². The van der Waals surface area contributed by atoms with Gasteiger partial charge in [-0.2, -0.15) is 0 Å². The molecule has 88 valence electrons. The van der Waals surface area contributed by atoms with Crippen LogP contribution >= 0.6 is 12.2 Å². The number of ether oxygens (including phenoxy) is 1. The highest BCUT2D eigenvalue weighted by Crippen LogP contribution is 2.27. The van der Waals surface area contributed by atoms with Gasteiger partial charge in [-0.15, -0.1) is 0 Å². The van der Waals surface area contributed by atoms with Crippen molar-refractivity contribution in [1.29, 1.82) is 0 Å². The number of hydrogen-bond acceptors (Lipinski definition) is 4. The Kier molecular flexibility index (Phi) is 3.39. The Hall–Kier alpha value is -1.88. The second kappa shape index (κ2) is 4.97. The van der Waals surface area contributed by atoms with Crippen LogP contribution < -0.4 is 10.6 Å². The third-order valence-corrected chi connectivity index (χ3v) is 2.59. The van der Waals surface area contributed by atoms with E-state index in [9.17, 15) is 4.79 Å². The molecule has 0 amide bonds. The molecule has 0 fully saturated rings. The van der Waals surface area contributed by atoms with Crippen molar-refractivity contribution in [3.8, 4) is 0 Å². The molecule has 1 heterocycles. The summed E-state index contributed by atoms with van der Waals surface area (Å²) in [7, 11) is 1.35. The summed E-state index contributed by atoms with van der Waals surface area (Å²) >= 11 is 5.19. The van der Waals surface area contributed by atoms with Crippen LogP contribution in [0.4, 0.5) is 11.4 Å². The molecule has 2 rings (SSSR count). The fourth-order valence-corrected chi connectivity index (χ4v) is 1.84. The maximum Gasteiger partial charge on any atom is 0.332 e. The summed E-state index contributed by atoms with van der Waals surface area (Å²) < 4.78 is 4.60. The van der Waals surface area contributed by atoms with Crippen molar-refractivity contribution >= 4 is 34.6 Å². The Labute approximate surface area is 105 Å². The molecule has 1 aromatic carbocycles. The molecule has 0 saturated heterocycles. The molecule has 0 aliphatic carbocycles. The van der Waals surface area contributed by atoms with Crippen LogP contribution in [0.2, 0.25) is 0 Å². The van der Waals surface area contributed by atoms with E-state index >= 15 is 0 Å². The quantitative estimate of drug-likeness (QED) is 0.454. The first-order valence-corrected chi connectivity index (χ1v) is 5.54. The van der Waals surface area contributed by atoms with Gasteiger partial charge in [-0.05, 0) is 12.1 Å². The summed E-state index contributed by atoms with van der Waals surface area (Å²) in [5.74, 6) is -0.394. The van der Waals surface area contributed by atoms with E-state index in [1.165, 1.54) is 13.2 Å². The minimum absolute atomic E-state index is 0.394. The number of anilines is 2. The maximum atomic E-state index is 11.2. The van der Waals surface area contributed by atoms with Gasteiger partial charge in [-0.1, -0.05) is 24.4 Å². The van der Waals surface area contributed by atoms with E-state index in [1.807, 2.05) is 24.3 Å². The van der Waals surface area contributed by atoms with Gasteiger partial charge in [-0.3, -0.25) is 0 Å². The predicted molar refractivity (Wildman–Crippen MR) is 71.0 cm³/mol. The summed E-state index contributed by atoms with van der Waals surface area (Å²) in [5, 5.41) is 6.28. The van der Waals surface area contributed by atoms with Crippen LogP contribution in [0.5, 0.6) is 0 Å². The second-order valence-corrected chi connectivity index (χ2v) is 4.08. The average Bonchev–Trinajstić information content (AvgIpc) is 2.46. The van der Waals surface area contributed by atoms with Crippen molar-refractivity contribution in [2.24, 2.45) is 0 Å². The average molecular weight is 248 g/mol. The number of para-hydroxylation sites is 2. The fraction of sp³-hybridized carbons (Fsp3) is 0.167. The van der Waals surface area contributed by atoms with E-state index in [0.717, 1.165) is 17.1 Å². The highest BCUT2D eigenvalue weighted by molar-refractivity contribution is 7.80. The number of thiocarbonyl (C=S) groups is 1. The minimum atomic E-state index is -0.394. The summed E-state index contributed by atoms with van der Waals surface area (Å²) in [6.07, 6.45) is 1.90. The Balaban J connectivity index is 2.32. The van der Waals surface area contributed by atoms with Crippen LogP contribution in [-0.4, -0.2) is 18.1 Å². The van der Waals surface area contributed by atoms with Gasteiger partial charge in [-0.25, -0.2) is 4.79 Å². The summed E-state index contributed by atoms with van der Waals surface area (Å²) in [5.41, 5.74) is 2.52. The first kappa shape index (κ1) is 11.6. The van der Waals surface area contributed by atoms with Gasteiger partial charge in [0.25, 0.3) is 0 Å². The number of esters is 1. The van der Waals surface area contributed by atoms with E-state index in [-0.39, 0.29) is 0 Å². The Morgan fingerprint density at radius 3 is 2.65 bits per heavy atom. The number of fused-ring (bicyclic) bond motifs is 1. The lowest BCUT2D eigenvalue weighted by atomic mass is 10.2. The van der Waals surface area contributed by atoms with E-state index < -0.39 is 5.97 Å². The van der Waals surface area contributed by atoms with Crippen molar-refractivity contribution in [3.05, 3.63) is 36.0 Å². The number of rotatable bonds is 1. The largest absolute Gasteiger partial charge is 0.466 e. The van der Waals surface area contributed by atoms with Crippen LogP contribution in [0.1, 0.15) is 6.42 Å². The Bertz CT molecular complexity index is 497. The highest BCUT2D eigenvalue weighted by atomic mass is 32.1. The molecule has 0 spiro atoms. The van der Waals surface area contributed by atoms with Gasteiger partial charge < -0.3 is 15.4 Å². The van der Waals surface area contributed by atoms with Gasteiger partial charge >= 0.3 is 5.97 Å². The van der Waals surface area contributed by atoms with Gasteiger partial charge in [0, 0.05) is 18.2 Å². The molecule has 0 atom stereocenters. The molecular weight excluding hydrogens is 236 g/mol. The van der Waals surface area contributed by atoms with E-state index in [0.29, 0.717) is 11.4 Å². The number of carbonyl (C=O) groups is 1. The van der Waals surface area contributed by atoms with Crippen molar-refractivity contribution in [1.82, 2.24) is 0 Å². The Morgan fingerprint density at radius 1 is 1.35 bits per heavy atom. The van der Waals surface area contributed by atoms with Crippen LogP contribution in [0.25, 0.3) is 0 Å². The molecule has 0 bridgehead atoms. The first-order valence-electron chi connectivity index (χ1n) is 5.13. The zero-order valence-corrected chi connectivity index (χ0v) is 10.1. The molecule has 17 heavy (non-hydrogen) atoms. The lowest BCUT2D eigenvalue weighted by molar-refractivity contribution is -0.134. The molecule has 4 nitrogen and oxygen atoms in total. The minimum Gasteiger partial charge on any atom is -0.466 e. The lowest BCUT2D eigenvalue weighted by Crippen LogP contribution is -2.09. The second-order valence-electron chi connectivity index (χ2n) is 3.59. The Morgan fingerprint density at radius 2 is 2.00 bits per heavy atom. The fourth-order valence-electron chi connectivity index (χ4n) is 1.57. The van der Waals surface area contributed by atoms with Gasteiger partial charge in [0.15, 0.2) is 0 Å². The van der Waals surface area contributed by atoms with Crippen molar-refractivity contribution in [3.63, 3.8) is 0 Å². The number of benzene rings is 1. The van der Waals surface area contributed by atoms with Gasteiger partial charge in [0.2, 0.25) is 0 Å². The predicted octanol–water partition coefficient (Wildman–Crippen LogP) is 2.30. The van der Waals surface area contributed by atoms with Crippen LogP contribution in [0, 0.1) is 0 Å². The molecule has 0 saturated carbocycles. The zero-order chi connectivity index (χ0) is 12.3. The molecule has 2 N–H and O–H groups in total. The summed E-state index contributed by atoms with van der Waals surface area (Å²) in [6, 6.07) is 7.68. The van der Waals surface area contributed by atoms with Crippen molar-refractivity contribution < 1.29 is 9.53 Å². The monoisotopic (exact) mass is 248 g/mol. The third kappa shape index (κ3) is 2.82. The molecule has 1 aromatic rings. The molecular formula is C12H12N2O2S. The third-order valence-electron chi connectivity index (χ3n) is 2.34. The number of carbonyl (C=O) groups excluding carboxylic acids is 1. The van der Waals surface area contributed by atoms with Crippen LogP contribution in [0.15, 0.2) is 36.0 Å². The first-order chi connectivity index (χ1) is 8.19. The van der Waals surface area contributed by atoms with Gasteiger partial charge in [0.1, 0.15) is 0 Å². The number of hydrogen-bond donors (Lipinski definition) is 2. The maximum absolute atomic E-state index is 11.2. The van der Waals surface area contributed by atoms with Crippen LogP contribution in [-0.2, 0) is 9.53 Å². The molecule has 0 radical (unpaired) electrons. The molecule has 0 aromatic heterocycles. The molecule has 5 heteroatoms. The lowest BCUT2D eigenvalue weighted by Gasteiger charge is -2.07. The van der Waals surface area contributed by atoms with Crippen molar-refractivity contribution in [2.75, 3.05) is 17.7 Å². The normalized spacial score (nSPS) is 16.5. The standard InChI is InChI=1S/C12H12N2O2S/c1-16-12(15)7-8-6-11(17)14-10-5-3-2-4-9(10)13-8/h2-5,7,13H,6H2,1H3,(H,14,17)/b8-7+. The smallest absolute Gasteiger partial charge is 0.332 e. The van der Waals surface area contributed by atoms with E-state index in [4.69, 9.17) is 12.2 Å². The van der Waals surface area contributed by atoms with Gasteiger partial charge in [0.05, 0.1) is 23.5 Å². The zero-order valence-electron chi connectivity index (χ0n) is 9.32. The van der Waals surface area contributed by atoms with E-state index in [2.05, 4.69) is 15.4 Å². The topological polar surface area (TPSA) is 50.4 Å².